The van der Waals surface area contributed by atoms with Crippen molar-refractivity contribution < 1.29 is 13.2 Å². The van der Waals surface area contributed by atoms with Gasteiger partial charge in [0.05, 0.1) is 47.0 Å². The van der Waals surface area contributed by atoms with Crippen molar-refractivity contribution in [2.45, 2.75) is 39.5 Å². The number of hydrogen-bond acceptors (Lipinski definition) is 10. The first-order valence-corrected chi connectivity index (χ1v) is 16.2. The SMILES string of the molecule is CS(=O)(=O)CCn1cnc2ccc(Sc3cnc(N4CCC5(CC4)CO[C@@H](I)[C@H]5N)cn3)c(Cl)c2c1=O. The Bertz CT molecular complexity index is 1480. The highest BCUT2D eigenvalue weighted by Crippen LogP contribution is 2.43. The van der Waals surface area contributed by atoms with E-state index in [9.17, 15) is 13.2 Å². The summed E-state index contributed by atoms with van der Waals surface area (Å²) in [6.07, 6.45) is 7.83. The molecule has 2 atom stereocenters. The summed E-state index contributed by atoms with van der Waals surface area (Å²) in [5.41, 5.74) is 6.52. The molecule has 10 nitrogen and oxygen atoms in total. The van der Waals surface area contributed by atoms with Crippen LogP contribution in [0.5, 0.6) is 0 Å². The summed E-state index contributed by atoms with van der Waals surface area (Å²) in [6, 6.07) is 3.55. The molecule has 2 aliphatic heterocycles. The summed E-state index contributed by atoms with van der Waals surface area (Å²) in [7, 11) is -3.23. The zero-order chi connectivity index (χ0) is 26.4. The lowest BCUT2D eigenvalue weighted by Gasteiger charge is -2.41. The van der Waals surface area contributed by atoms with E-state index in [1.54, 1.807) is 24.5 Å². The Balaban J connectivity index is 1.30. The Morgan fingerprint density at radius 2 is 2.00 bits per heavy atom. The fraction of sp³-hybridized carbons (Fsp3) is 0.478. The van der Waals surface area contributed by atoms with Crippen LogP contribution in [0, 0.1) is 5.41 Å². The van der Waals surface area contributed by atoms with Crippen LogP contribution in [-0.4, -0.2) is 69.8 Å². The molecular weight excluding hydrogens is 651 g/mol. The fourth-order valence-electron chi connectivity index (χ4n) is 4.71. The molecule has 0 amide bonds. The van der Waals surface area contributed by atoms with Crippen LogP contribution in [0.4, 0.5) is 5.82 Å². The topological polar surface area (TPSA) is 133 Å². The van der Waals surface area contributed by atoms with Gasteiger partial charge >= 0.3 is 0 Å². The van der Waals surface area contributed by atoms with Crippen LogP contribution in [-0.2, 0) is 21.1 Å². The number of nitrogens with zero attached hydrogens (tertiary/aromatic N) is 5. The number of halogens is 2. The second-order valence-corrected chi connectivity index (χ2v) is 14.4. The summed E-state index contributed by atoms with van der Waals surface area (Å²) in [5, 5.41) is 1.14. The Labute approximate surface area is 237 Å². The number of nitrogens with two attached hydrogens (primary N) is 1. The molecule has 2 N–H and O–H groups in total. The van der Waals surface area contributed by atoms with Crippen molar-refractivity contribution >= 4 is 72.5 Å². The summed E-state index contributed by atoms with van der Waals surface area (Å²) < 4.78 is 30.2. The first-order valence-electron chi connectivity index (χ1n) is 11.7. The molecule has 2 fully saturated rings. The molecule has 37 heavy (non-hydrogen) atoms. The molecule has 2 aromatic heterocycles. The molecule has 0 unspecified atom stereocenters. The number of anilines is 1. The number of rotatable bonds is 6. The Morgan fingerprint density at radius 1 is 1.24 bits per heavy atom. The lowest BCUT2D eigenvalue weighted by Crippen LogP contribution is -2.50. The number of piperidine rings is 1. The van der Waals surface area contributed by atoms with Crippen LogP contribution < -0.4 is 16.2 Å². The number of benzene rings is 1. The van der Waals surface area contributed by atoms with E-state index in [0.29, 0.717) is 22.0 Å². The van der Waals surface area contributed by atoms with Gasteiger partial charge < -0.3 is 15.4 Å². The standard InChI is InChI=1S/C23H26ClIN6O4S2/c1-37(33,34)9-8-31-13-29-14-2-3-15(19(24)18(14)22(31)32)36-17-11-27-16(10-28-17)30-6-4-23(5-7-30)12-35-21(25)20(23)26/h2-3,10-11,13,20-21H,4-9,12,26H2,1H3/t20-,21-/m1/s1. The number of fused-ring (bicyclic) bond motifs is 1. The molecule has 5 rings (SSSR count). The zero-order valence-corrected chi connectivity index (χ0v) is 24.6. The third-order valence-corrected chi connectivity index (χ3v) is 10.6. The summed E-state index contributed by atoms with van der Waals surface area (Å²) >= 11 is 10.2. The summed E-state index contributed by atoms with van der Waals surface area (Å²) in [6.45, 7) is 2.41. The maximum absolute atomic E-state index is 13.0. The molecule has 1 spiro atoms. The van der Waals surface area contributed by atoms with E-state index >= 15 is 0 Å². The Hall–Kier alpha value is -1.52. The second-order valence-electron chi connectivity index (χ2n) is 9.50. The van der Waals surface area contributed by atoms with Crippen LogP contribution in [0.15, 0.2) is 45.6 Å². The molecule has 2 saturated heterocycles. The number of hydrogen-bond donors (Lipinski definition) is 1. The van der Waals surface area contributed by atoms with Gasteiger partial charge in [-0.25, -0.2) is 23.4 Å². The molecule has 4 heterocycles. The van der Waals surface area contributed by atoms with E-state index in [1.807, 2.05) is 0 Å². The van der Waals surface area contributed by atoms with Gasteiger partial charge in [0.15, 0.2) is 0 Å². The van der Waals surface area contributed by atoms with Crippen molar-refractivity contribution in [1.82, 2.24) is 19.5 Å². The number of aromatic nitrogens is 4. The normalized spacial score (nSPS) is 21.7. The van der Waals surface area contributed by atoms with Crippen LogP contribution in [0.25, 0.3) is 10.9 Å². The van der Waals surface area contributed by atoms with Crippen LogP contribution in [0.1, 0.15) is 12.8 Å². The largest absolute Gasteiger partial charge is 0.366 e. The number of alkyl halides is 1. The molecule has 2 aliphatic rings. The van der Waals surface area contributed by atoms with Gasteiger partial charge in [0.2, 0.25) is 0 Å². The predicted octanol–water partition coefficient (Wildman–Crippen LogP) is 2.74. The quantitative estimate of drug-likeness (QED) is 0.307. The van der Waals surface area contributed by atoms with E-state index in [0.717, 1.165) is 38.0 Å². The monoisotopic (exact) mass is 676 g/mol. The average molecular weight is 677 g/mol. The van der Waals surface area contributed by atoms with Gasteiger partial charge in [-0.05, 0) is 47.6 Å². The second kappa shape index (κ2) is 10.6. The van der Waals surface area contributed by atoms with Gasteiger partial charge in [0, 0.05) is 42.2 Å². The van der Waals surface area contributed by atoms with Crippen molar-refractivity contribution in [3.63, 3.8) is 0 Å². The summed E-state index contributed by atoms with van der Waals surface area (Å²) in [5.74, 6) is 0.645. The van der Waals surface area contributed by atoms with Gasteiger partial charge in [0.1, 0.15) is 24.8 Å². The van der Waals surface area contributed by atoms with E-state index in [-0.39, 0.29) is 43.8 Å². The number of ether oxygens (including phenoxy) is 1. The van der Waals surface area contributed by atoms with Crippen molar-refractivity contribution in [1.29, 1.82) is 0 Å². The van der Waals surface area contributed by atoms with Gasteiger partial charge in [-0.2, -0.15) is 0 Å². The minimum Gasteiger partial charge on any atom is -0.366 e. The average Bonchev–Trinajstić information content (AvgIpc) is 3.14. The highest BCUT2D eigenvalue weighted by Gasteiger charge is 2.48. The molecule has 0 radical (unpaired) electrons. The highest BCUT2D eigenvalue weighted by atomic mass is 127. The first-order chi connectivity index (χ1) is 17.6. The van der Waals surface area contributed by atoms with Gasteiger partial charge in [-0.1, -0.05) is 23.4 Å². The van der Waals surface area contributed by atoms with Crippen molar-refractivity contribution in [3.8, 4) is 0 Å². The first kappa shape index (κ1) is 27.1. The van der Waals surface area contributed by atoms with Crippen LogP contribution >= 0.6 is 46.0 Å². The van der Waals surface area contributed by atoms with Gasteiger partial charge in [-0.15, -0.1) is 0 Å². The molecule has 1 aromatic carbocycles. The smallest absolute Gasteiger partial charge is 0.262 e. The zero-order valence-electron chi connectivity index (χ0n) is 20.0. The van der Waals surface area contributed by atoms with Crippen molar-refractivity contribution in [2.24, 2.45) is 11.1 Å². The minimum atomic E-state index is -3.23. The lowest BCUT2D eigenvalue weighted by molar-refractivity contribution is 0.127. The Morgan fingerprint density at radius 3 is 2.62 bits per heavy atom. The number of aryl methyl sites for hydroxylation is 1. The van der Waals surface area contributed by atoms with E-state index < -0.39 is 9.84 Å². The fourth-order valence-corrected chi connectivity index (χ4v) is 7.30. The van der Waals surface area contributed by atoms with Crippen molar-refractivity contribution in [2.75, 3.05) is 36.6 Å². The van der Waals surface area contributed by atoms with E-state index in [1.165, 1.54) is 22.7 Å². The molecule has 0 saturated carbocycles. The van der Waals surface area contributed by atoms with Crippen molar-refractivity contribution in [3.05, 3.63) is 46.2 Å². The van der Waals surface area contributed by atoms with Crippen LogP contribution in [0.2, 0.25) is 5.02 Å². The van der Waals surface area contributed by atoms with Gasteiger partial charge in [-0.3, -0.25) is 9.36 Å². The van der Waals surface area contributed by atoms with E-state index in [4.69, 9.17) is 22.1 Å². The van der Waals surface area contributed by atoms with Crippen LogP contribution in [0.3, 0.4) is 0 Å². The maximum atomic E-state index is 13.0. The highest BCUT2D eigenvalue weighted by molar-refractivity contribution is 14.1. The third-order valence-electron chi connectivity index (χ3n) is 7.03. The molecule has 198 valence electrons. The number of sulfone groups is 1. The summed E-state index contributed by atoms with van der Waals surface area (Å²) in [4.78, 5) is 29.3. The Kier molecular flexibility index (Phi) is 7.73. The third kappa shape index (κ3) is 5.62. The molecule has 3 aromatic rings. The molecule has 0 aliphatic carbocycles. The maximum Gasteiger partial charge on any atom is 0.262 e. The predicted molar refractivity (Wildman–Crippen MR) is 152 cm³/mol. The lowest BCUT2D eigenvalue weighted by atomic mass is 9.75. The minimum absolute atomic E-state index is 0.0104. The molecule has 0 bridgehead atoms. The van der Waals surface area contributed by atoms with E-state index in [2.05, 4.69) is 42.4 Å². The molecule has 14 heteroatoms. The van der Waals surface area contributed by atoms with Gasteiger partial charge in [0.25, 0.3) is 5.56 Å². The molecular formula is C23H26ClIN6O4S2.